The molecule has 0 aromatic heterocycles. The van der Waals surface area contributed by atoms with Gasteiger partial charge in [0.25, 0.3) is 5.91 Å². The average Bonchev–Trinajstić information content (AvgIpc) is 2.26. The Balaban J connectivity index is 3.04. The fraction of sp³-hybridized carbons (Fsp3) is 0.533. The van der Waals surface area contributed by atoms with E-state index in [2.05, 4.69) is 50.9 Å². The van der Waals surface area contributed by atoms with E-state index >= 15 is 0 Å². The molecule has 0 heterocycles. The Morgan fingerprint density at radius 2 is 1.94 bits per heavy atom. The minimum Gasteiger partial charge on any atom is -0.355 e. The smallest absolute Gasteiger partial charge is 0.251 e. The van der Waals surface area contributed by atoms with E-state index in [-0.39, 0.29) is 5.91 Å². The van der Waals surface area contributed by atoms with E-state index in [0.29, 0.717) is 5.92 Å². The monoisotopic (exact) mass is 263 g/mol. The van der Waals surface area contributed by atoms with Crippen molar-refractivity contribution in [3.63, 3.8) is 0 Å². The lowest BCUT2D eigenvalue weighted by Gasteiger charge is -2.23. The molecular formula is C15H25NOSi. The fourth-order valence-electron chi connectivity index (χ4n) is 2.49. The summed E-state index contributed by atoms with van der Waals surface area (Å²) in [6.07, 6.45) is 0. The lowest BCUT2D eigenvalue weighted by atomic mass is 9.95. The number of hydrogen-bond donors (Lipinski definition) is 1. The van der Waals surface area contributed by atoms with Gasteiger partial charge in [-0.1, -0.05) is 38.7 Å². The van der Waals surface area contributed by atoms with Crippen LogP contribution in [0.3, 0.4) is 0 Å². The first-order valence-electron chi connectivity index (χ1n) is 6.57. The van der Waals surface area contributed by atoms with Crippen molar-refractivity contribution in [2.45, 2.75) is 45.5 Å². The van der Waals surface area contributed by atoms with Gasteiger partial charge in [-0.3, -0.25) is 4.79 Å². The lowest BCUT2D eigenvalue weighted by molar-refractivity contribution is 0.0963. The molecule has 0 saturated heterocycles. The van der Waals surface area contributed by atoms with Crippen molar-refractivity contribution in [3.05, 3.63) is 34.9 Å². The summed E-state index contributed by atoms with van der Waals surface area (Å²) in [6, 6.07) is 7.27. The second kappa shape index (κ2) is 5.70. The van der Waals surface area contributed by atoms with Crippen LogP contribution < -0.4 is 5.32 Å². The number of rotatable bonds is 4. The molecule has 1 aromatic rings. The molecule has 2 nitrogen and oxygen atoms in total. The molecule has 1 amide bonds. The number of nitrogens with one attached hydrogen (secondary N) is 1. The third-order valence-corrected chi connectivity index (χ3v) is 5.06. The number of amides is 1. The predicted molar refractivity (Wildman–Crippen MR) is 81.1 cm³/mol. The van der Waals surface area contributed by atoms with Crippen LogP contribution >= 0.6 is 0 Å². The van der Waals surface area contributed by atoms with E-state index in [9.17, 15) is 4.79 Å². The summed E-state index contributed by atoms with van der Waals surface area (Å²) in [6.45, 7) is 11.6. The molecule has 1 rings (SSSR count). The number of carbonyl (C=O) groups excluding carboxylic acids is 1. The number of benzene rings is 1. The Kier molecular flexibility index (Phi) is 4.74. The van der Waals surface area contributed by atoms with Gasteiger partial charge in [0.15, 0.2) is 0 Å². The third kappa shape index (κ3) is 3.98. The molecule has 18 heavy (non-hydrogen) atoms. The van der Waals surface area contributed by atoms with Crippen LogP contribution in [0.1, 0.15) is 34.3 Å². The fourth-order valence-corrected chi connectivity index (χ4v) is 4.54. The molecule has 0 aliphatic carbocycles. The molecule has 3 heteroatoms. The number of hydrogen-bond acceptors (Lipinski definition) is 1. The molecule has 1 atom stereocenters. The molecule has 100 valence electrons. The largest absolute Gasteiger partial charge is 0.355 e. The summed E-state index contributed by atoms with van der Waals surface area (Å²) >= 11 is 0. The van der Waals surface area contributed by atoms with Crippen LogP contribution in [-0.2, 0) is 0 Å². The van der Waals surface area contributed by atoms with Crippen molar-refractivity contribution in [3.8, 4) is 0 Å². The Bertz CT molecular complexity index is 435. The minimum atomic E-state index is -1.08. The molecule has 0 bridgehead atoms. The highest BCUT2D eigenvalue weighted by Crippen LogP contribution is 2.29. The van der Waals surface area contributed by atoms with Gasteiger partial charge in [-0.05, 0) is 36.1 Å². The van der Waals surface area contributed by atoms with Gasteiger partial charge in [-0.2, -0.15) is 0 Å². The van der Waals surface area contributed by atoms with Crippen LogP contribution in [0.2, 0.25) is 25.7 Å². The SMILES string of the molecule is CNC(=O)c1ccc(C)c(C(C)C[Si](C)(C)C)c1. The van der Waals surface area contributed by atoms with Gasteiger partial charge in [0.1, 0.15) is 0 Å². The van der Waals surface area contributed by atoms with Gasteiger partial charge in [-0.15, -0.1) is 0 Å². The first kappa shape index (κ1) is 15.0. The summed E-state index contributed by atoms with van der Waals surface area (Å²) in [4.78, 5) is 11.7. The maximum absolute atomic E-state index is 11.7. The highest BCUT2D eigenvalue weighted by Gasteiger charge is 2.20. The third-order valence-electron chi connectivity index (χ3n) is 3.22. The molecule has 0 radical (unpaired) electrons. The normalized spacial score (nSPS) is 13.2. The zero-order chi connectivity index (χ0) is 13.9. The topological polar surface area (TPSA) is 29.1 Å². The van der Waals surface area contributed by atoms with Crippen molar-refractivity contribution < 1.29 is 4.79 Å². The van der Waals surface area contributed by atoms with Crippen molar-refractivity contribution in [1.29, 1.82) is 0 Å². The van der Waals surface area contributed by atoms with Crippen molar-refractivity contribution in [1.82, 2.24) is 5.32 Å². The lowest BCUT2D eigenvalue weighted by Crippen LogP contribution is -2.23. The molecule has 1 N–H and O–H groups in total. The molecule has 1 unspecified atom stereocenters. The highest BCUT2D eigenvalue weighted by molar-refractivity contribution is 6.76. The molecular weight excluding hydrogens is 238 g/mol. The number of carbonyl (C=O) groups is 1. The van der Waals surface area contributed by atoms with Crippen LogP contribution in [0.15, 0.2) is 18.2 Å². The summed E-state index contributed by atoms with van der Waals surface area (Å²) < 4.78 is 0. The quantitative estimate of drug-likeness (QED) is 0.823. The molecule has 1 aromatic carbocycles. The average molecular weight is 263 g/mol. The molecule has 0 aliphatic heterocycles. The van der Waals surface area contributed by atoms with Crippen LogP contribution in [-0.4, -0.2) is 21.0 Å². The maximum atomic E-state index is 11.7. The van der Waals surface area contributed by atoms with Crippen LogP contribution in [0.4, 0.5) is 0 Å². The first-order valence-corrected chi connectivity index (χ1v) is 10.3. The standard InChI is InChI=1S/C15H25NOSi/c1-11-7-8-13(15(17)16-3)9-14(11)12(2)10-18(4,5)6/h7-9,12H,10H2,1-6H3,(H,16,17). The van der Waals surface area contributed by atoms with Gasteiger partial charge in [0.2, 0.25) is 0 Å². The number of aryl methyl sites for hydroxylation is 1. The second-order valence-corrected chi connectivity index (χ2v) is 11.8. The summed E-state index contributed by atoms with van der Waals surface area (Å²) in [5, 5.41) is 2.68. The van der Waals surface area contributed by atoms with Gasteiger partial charge < -0.3 is 5.32 Å². The Morgan fingerprint density at radius 3 is 2.44 bits per heavy atom. The summed E-state index contributed by atoms with van der Waals surface area (Å²) in [7, 11) is 0.595. The summed E-state index contributed by atoms with van der Waals surface area (Å²) in [5.41, 5.74) is 3.37. The van der Waals surface area contributed by atoms with Crippen molar-refractivity contribution in [2.75, 3.05) is 7.05 Å². The van der Waals surface area contributed by atoms with Crippen molar-refractivity contribution in [2.24, 2.45) is 0 Å². The zero-order valence-electron chi connectivity index (χ0n) is 12.4. The Morgan fingerprint density at radius 1 is 1.33 bits per heavy atom. The van der Waals surface area contributed by atoms with Crippen molar-refractivity contribution >= 4 is 14.0 Å². The van der Waals surface area contributed by atoms with E-state index in [1.807, 2.05) is 6.07 Å². The second-order valence-electron chi connectivity index (χ2n) is 6.32. The van der Waals surface area contributed by atoms with Crippen LogP contribution in [0.25, 0.3) is 0 Å². The Labute approximate surface area is 112 Å². The summed E-state index contributed by atoms with van der Waals surface area (Å²) in [5.74, 6) is 0.526. The molecule has 0 spiro atoms. The van der Waals surface area contributed by atoms with E-state index in [1.54, 1.807) is 7.05 Å². The van der Waals surface area contributed by atoms with E-state index in [1.165, 1.54) is 17.2 Å². The molecule has 0 fully saturated rings. The Hall–Kier alpha value is -1.09. The zero-order valence-corrected chi connectivity index (χ0v) is 13.4. The molecule has 0 aliphatic rings. The van der Waals surface area contributed by atoms with Crippen LogP contribution in [0.5, 0.6) is 0 Å². The maximum Gasteiger partial charge on any atom is 0.251 e. The van der Waals surface area contributed by atoms with Gasteiger partial charge >= 0.3 is 0 Å². The van der Waals surface area contributed by atoms with Gasteiger partial charge in [-0.25, -0.2) is 0 Å². The first-order chi connectivity index (χ1) is 8.24. The molecule has 0 saturated carbocycles. The van der Waals surface area contributed by atoms with Gasteiger partial charge in [0.05, 0.1) is 0 Å². The van der Waals surface area contributed by atoms with Crippen LogP contribution in [0, 0.1) is 6.92 Å². The van der Waals surface area contributed by atoms with E-state index in [0.717, 1.165) is 5.56 Å². The minimum absolute atomic E-state index is 0.00328. The highest BCUT2D eigenvalue weighted by atomic mass is 28.3. The van der Waals surface area contributed by atoms with E-state index in [4.69, 9.17) is 0 Å². The van der Waals surface area contributed by atoms with Gasteiger partial charge in [0, 0.05) is 20.7 Å². The van der Waals surface area contributed by atoms with E-state index < -0.39 is 8.07 Å². The predicted octanol–water partition coefficient (Wildman–Crippen LogP) is 3.80.